The average molecular weight is 301 g/mol. The fourth-order valence-electron chi connectivity index (χ4n) is 1.47. The van der Waals surface area contributed by atoms with Crippen LogP contribution in [0.25, 0.3) is 0 Å². The minimum Gasteiger partial charge on any atom is -0.493 e. The third-order valence-corrected chi connectivity index (χ3v) is 2.78. The summed E-state index contributed by atoms with van der Waals surface area (Å²) in [6.07, 6.45) is 1.37. The highest BCUT2D eigenvalue weighted by atomic mass is 79.9. The Labute approximate surface area is 110 Å². The first kappa shape index (κ1) is 14.0. The number of rotatable bonds is 7. The van der Waals surface area contributed by atoms with Gasteiger partial charge in [-0.15, -0.1) is 0 Å². The molecule has 4 heteroatoms. The number of halogens is 1. The Bertz CT molecular complexity index is 377. The molecule has 17 heavy (non-hydrogen) atoms. The molecule has 0 spiro atoms. The van der Waals surface area contributed by atoms with Crippen molar-refractivity contribution in [2.45, 2.75) is 19.8 Å². The van der Waals surface area contributed by atoms with Crippen LogP contribution in [0.1, 0.15) is 18.9 Å². The maximum atomic E-state index is 11.0. The normalized spacial score (nSPS) is 10.1. The van der Waals surface area contributed by atoms with E-state index in [1.54, 1.807) is 14.0 Å². The minimum absolute atomic E-state index is 0.139. The minimum atomic E-state index is 0.139. The van der Waals surface area contributed by atoms with E-state index in [2.05, 4.69) is 15.9 Å². The number of carbonyl (C=O) groups excluding carboxylic acids is 1. The molecule has 0 aromatic heterocycles. The van der Waals surface area contributed by atoms with Gasteiger partial charge in [-0.05, 0) is 31.0 Å². The zero-order valence-electron chi connectivity index (χ0n) is 10.2. The van der Waals surface area contributed by atoms with Gasteiger partial charge in [-0.25, -0.2) is 0 Å². The number of ketones is 1. The zero-order chi connectivity index (χ0) is 12.7. The average Bonchev–Trinajstić information content (AvgIpc) is 2.30. The number of carbonyl (C=O) groups is 1. The highest BCUT2D eigenvalue weighted by molar-refractivity contribution is 9.09. The third-order valence-electron chi connectivity index (χ3n) is 2.22. The molecule has 0 unspecified atom stereocenters. The van der Waals surface area contributed by atoms with Gasteiger partial charge in [0.2, 0.25) is 0 Å². The van der Waals surface area contributed by atoms with Gasteiger partial charge in [0.1, 0.15) is 5.78 Å². The number of alkyl halides is 1. The maximum absolute atomic E-state index is 11.0. The predicted octanol–water partition coefficient (Wildman–Crippen LogP) is 2.99. The highest BCUT2D eigenvalue weighted by Gasteiger charge is 2.06. The summed E-state index contributed by atoms with van der Waals surface area (Å²) in [6, 6.07) is 5.60. The van der Waals surface area contributed by atoms with Crippen LogP contribution in [0, 0.1) is 0 Å². The maximum Gasteiger partial charge on any atom is 0.161 e. The van der Waals surface area contributed by atoms with Gasteiger partial charge in [0, 0.05) is 11.8 Å². The number of Topliss-reactive ketones (excluding diaryl/α,β-unsaturated/α-hetero) is 1. The lowest BCUT2D eigenvalue weighted by atomic mass is 10.1. The number of benzene rings is 1. The van der Waals surface area contributed by atoms with Crippen molar-refractivity contribution in [1.82, 2.24) is 0 Å². The lowest BCUT2D eigenvalue weighted by Crippen LogP contribution is -2.01. The van der Waals surface area contributed by atoms with Crippen molar-refractivity contribution in [2.75, 3.05) is 19.0 Å². The fraction of sp³-hybridized carbons (Fsp3) is 0.462. The van der Waals surface area contributed by atoms with Gasteiger partial charge in [0.25, 0.3) is 0 Å². The summed E-state index contributed by atoms with van der Waals surface area (Å²) in [6.45, 7) is 2.22. The molecule has 0 saturated carbocycles. The SMILES string of the molecule is COc1cc(CC(C)=O)ccc1OCCCBr. The molecule has 0 aliphatic heterocycles. The molecule has 0 radical (unpaired) electrons. The predicted molar refractivity (Wildman–Crippen MR) is 71.3 cm³/mol. The van der Waals surface area contributed by atoms with Crippen molar-refractivity contribution >= 4 is 21.7 Å². The third kappa shape index (κ3) is 4.77. The first-order chi connectivity index (χ1) is 8.17. The summed E-state index contributed by atoms with van der Waals surface area (Å²) in [5.41, 5.74) is 0.946. The van der Waals surface area contributed by atoms with Crippen molar-refractivity contribution in [1.29, 1.82) is 0 Å². The van der Waals surface area contributed by atoms with Crippen LogP contribution in [-0.4, -0.2) is 24.8 Å². The molecular formula is C13H17BrO3. The molecule has 0 bridgehead atoms. The molecule has 0 atom stereocenters. The van der Waals surface area contributed by atoms with Gasteiger partial charge < -0.3 is 9.47 Å². The van der Waals surface area contributed by atoms with Gasteiger partial charge in [-0.1, -0.05) is 22.0 Å². The summed E-state index contributed by atoms with van der Waals surface area (Å²) >= 11 is 3.35. The molecule has 3 nitrogen and oxygen atoms in total. The molecule has 1 aromatic rings. The van der Waals surface area contributed by atoms with Crippen LogP contribution in [0.4, 0.5) is 0 Å². The summed E-state index contributed by atoms with van der Waals surface area (Å²) < 4.78 is 10.8. The van der Waals surface area contributed by atoms with E-state index in [1.807, 2.05) is 18.2 Å². The molecule has 0 fully saturated rings. The van der Waals surface area contributed by atoms with E-state index < -0.39 is 0 Å². The van der Waals surface area contributed by atoms with Crippen LogP contribution in [-0.2, 0) is 11.2 Å². The molecule has 94 valence electrons. The monoisotopic (exact) mass is 300 g/mol. The van der Waals surface area contributed by atoms with Crippen LogP contribution in [0.2, 0.25) is 0 Å². The first-order valence-electron chi connectivity index (χ1n) is 5.52. The first-order valence-corrected chi connectivity index (χ1v) is 6.64. The molecule has 0 saturated heterocycles. The molecule has 0 amide bonds. The smallest absolute Gasteiger partial charge is 0.161 e. The highest BCUT2D eigenvalue weighted by Crippen LogP contribution is 2.28. The van der Waals surface area contributed by atoms with Gasteiger partial charge in [-0.3, -0.25) is 4.79 Å². The molecule has 0 heterocycles. The number of ether oxygens (including phenoxy) is 2. The summed E-state index contributed by atoms with van der Waals surface area (Å²) in [4.78, 5) is 11.0. The summed E-state index contributed by atoms with van der Waals surface area (Å²) in [7, 11) is 1.60. The Morgan fingerprint density at radius 1 is 1.35 bits per heavy atom. The van der Waals surface area contributed by atoms with E-state index >= 15 is 0 Å². The molecule has 1 rings (SSSR count). The van der Waals surface area contributed by atoms with Crippen molar-refractivity contribution in [3.05, 3.63) is 23.8 Å². The van der Waals surface area contributed by atoms with E-state index in [-0.39, 0.29) is 5.78 Å². The molecule has 0 aliphatic rings. The van der Waals surface area contributed by atoms with E-state index in [1.165, 1.54) is 0 Å². The van der Waals surface area contributed by atoms with Gasteiger partial charge >= 0.3 is 0 Å². The molecule has 0 N–H and O–H groups in total. The van der Waals surface area contributed by atoms with E-state index in [9.17, 15) is 4.79 Å². The van der Waals surface area contributed by atoms with Gasteiger partial charge in [-0.2, -0.15) is 0 Å². The Morgan fingerprint density at radius 3 is 2.71 bits per heavy atom. The standard InChI is InChI=1S/C13H17BrO3/c1-10(15)8-11-4-5-12(13(9-11)16-2)17-7-3-6-14/h4-5,9H,3,6-8H2,1-2H3. The van der Waals surface area contributed by atoms with Crippen LogP contribution >= 0.6 is 15.9 Å². The Hall–Kier alpha value is -1.03. The number of hydrogen-bond acceptors (Lipinski definition) is 3. The van der Waals surface area contributed by atoms with Crippen LogP contribution in [0.5, 0.6) is 11.5 Å². The quantitative estimate of drug-likeness (QED) is 0.574. The van der Waals surface area contributed by atoms with Crippen molar-refractivity contribution in [2.24, 2.45) is 0 Å². The topological polar surface area (TPSA) is 35.5 Å². The van der Waals surface area contributed by atoms with Crippen LogP contribution in [0.15, 0.2) is 18.2 Å². The van der Waals surface area contributed by atoms with E-state index in [0.717, 1.165) is 23.1 Å². The molecular weight excluding hydrogens is 284 g/mol. The second-order valence-corrected chi connectivity index (χ2v) is 4.55. The summed E-state index contributed by atoms with van der Waals surface area (Å²) in [5, 5.41) is 0.914. The van der Waals surface area contributed by atoms with Gasteiger partial charge in [0.05, 0.1) is 13.7 Å². The largest absolute Gasteiger partial charge is 0.493 e. The van der Waals surface area contributed by atoms with Crippen molar-refractivity contribution in [3.8, 4) is 11.5 Å². The van der Waals surface area contributed by atoms with E-state index in [0.29, 0.717) is 18.8 Å². The van der Waals surface area contributed by atoms with Crippen molar-refractivity contribution in [3.63, 3.8) is 0 Å². The number of methoxy groups -OCH3 is 1. The molecule has 0 aliphatic carbocycles. The molecule has 1 aromatic carbocycles. The Balaban J connectivity index is 2.74. The lowest BCUT2D eigenvalue weighted by molar-refractivity contribution is -0.116. The fourth-order valence-corrected chi connectivity index (χ4v) is 1.69. The second kappa shape index (κ2) is 7.33. The van der Waals surface area contributed by atoms with Crippen molar-refractivity contribution < 1.29 is 14.3 Å². The zero-order valence-corrected chi connectivity index (χ0v) is 11.7. The van der Waals surface area contributed by atoms with E-state index in [4.69, 9.17) is 9.47 Å². The van der Waals surface area contributed by atoms with Crippen LogP contribution in [0.3, 0.4) is 0 Å². The summed E-state index contributed by atoms with van der Waals surface area (Å²) in [5.74, 6) is 1.54. The van der Waals surface area contributed by atoms with Gasteiger partial charge in [0.15, 0.2) is 11.5 Å². The Kier molecular flexibility index (Phi) is 6.05. The second-order valence-electron chi connectivity index (χ2n) is 3.76. The lowest BCUT2D eigenvalue weighted by Gasteiger charge is -2.11. The van der Waals surface area contributed by atoms with Crippen LogP contribution < -0.4 is 9.47 Å². The Morgan fingerprint density at radius 2 is 2.12 bits per heavy atom. The number of hydrogen-bond donors (Lipinski definition) is 0.